The van der Waals surface area contributed by atoms with E-state index in [0.29, 0.717) is 6.61 Å². The lowest BCUT2D eigenvalue weighted by atomic mass is 10.1. The Morgan fingerprint density at radius 1 is 1.18 bits per heavy atom. The van der Waals surface area contributed by atoms with Crippen LogP contribution in [0.3, 0.4) is 0 Å². The molecule has 3 aromatic rings. The van der Waals surface area contributed by atoms with Gasteiger partial charge >= 0.3 is 0 Å². The van der Waals surface area contributed by atoms with Crippen molar-refractivity contribution in [3.05, 3.63) is 59.9 Å². The molecule has 114 valence electrons. The first-order valence-corrected chi connectivity index (χ1v) is 7.57. The third kappa shape index (κ3) is 2.83. The SMILES string of the molecule is CCOc1ccc2c(c1)nc(C(N)Cc1ccccc1)n2C. The topological polar surface area (TPSA) is 53.1 Å². The number of rotatable bonds is 5. The fourth-order valence-corrected chi connectivity index (χ4v) is 2.75. The molecular formula is C18H21N3O. The van der Waals surface area contributed by atoms with Gasteiger partial charge in [-0.2, -0.15) is 0 Å². The predicted molar refractivity (Wildman–Crippen MR) is 89.0 cm³/mol. The summed E-state index contributed by atoms with van der Waals surface area (Å²) in [6, 6.07) is 16.1. The number of benzene rings is 2. The molecule has 4 nitrogen and oxygen atoms in total. The summed E-state index contributed by atoms with van der Waals surface area (Å²) < 4.78 is 7.61. The van der Waals surface area contributed by atoms with E-state index in [-0.39, 0.29) is 6.04 Å². The van der Waals surface area contributed by atoms with Gasteiger partial charge in [-0.05, 0) is 31.0 Å². The molecule has 0 saturated carbocycles. The molecule has 0 aliphatic heterocycles. The molecule has 1 atom stereocenters. The van der Waals surface area contributed by atoms with Crippen LogP contribution >= 0.6 is 0 Å². The van der Waals surface area contributed by atoms with E-state index < -0.39 is 0 Å². The molecule has 22 heavy (non-hydrogen) atoms. The molecule has 1 heterocycles. The van der Waals surface area contributed by atoms with Crippen LogP contribution in [0.4, 0.5) is 0 Å². The average molecular weight is 295 g/mol. The second kappa shape index (κ2) is 6.20. The molecule has 0 spiro atoms. The van der Waals surface area contributed by atoms with Gasteiger partial charge in [0.15, 0.2) is 0 Å². The molecule has 0 saturated heterocycles. The van der Waals surface area contributed by atoms with E-state index in [4.69, 9.17) is 15.5 Å². The highest BCUT2D eigenvalue weighted by Crippen LogP contribution is 2.24. The normalized spacial score (nSPS) is 12.5. The molecule has 1 aromatic heterocycles. The van der Waals surface area contributed by atoms with Crippen LogP contribution in [0.2, 0.25) is 0 Å². The number of imidazole rings is 1. The van der Waals surface area contributed by atoms with Crippen LogP contribution < -0.4 is 10.5 Å². The maximum atomic E-state index is 6.37. The summed E-state index contributed by atoms with van der Waals surface area (Å²) in [6.45, 7) is 2.63. The van der Waals surface area contributed by atoms with Crippen molar-refractivity contribution in [2.75, 3.05) is 6.61 Å². The molecule has 2 N–H and O–H groups in total. The summed E-state index contributed by atoms with van der Waals surface area (Å²) in [4.78, 5) is 4.71. The lowest BCUT2D eigenvalue weighted by molar-refractivity contribution is 0.340. The molecule has 0 bridgehead atoms. The van der Waals surface area contributed by atoms with Gasteiger partial charge in [0, 0.05) is 13.1 Å². The largest absolute Gasteiger partial charge is 0.494 e. The van der Waals surface area contributed by atoms with E-state index in [1.54, 1.807) is 0 Å². The van der Waals surface area contributed by atoms with Crippen LogP contribution in [0.15, 0.2) is 48.5 Å². The van der Waals surface area contributed by atoms with Gasteiger partial charge in [0.2, 0.25) is 0 Å². The number of aryl methyl sites for hydroxylation is 1. The quantitative estimate of drug-likeness (QED) is 0.786. The summed E-state index contributed by atoms with van der Waals surface area (Å²) in [5.41, 5.74) is 9.59. The molecule has 4 heteroatoms. The highest BCUT2D eigenvalue weighted by Gasteiger charge is 2.15. The van der Waals surface area contributed by atoms with Crippen molar-refractivity contribution in [3.8, 4) is 5.75 Å². The second-order valence-electron chi connectivity index (χ2n) is 5.41. The molecule has 0 aliphatic rings. The van der Waals surface area contributed by atoms with Crippen molar-refractivity contribution >= 4 is 11.0 Å². The Bertz CT molecular complexity index is 765. The minimum absolute atomic E-state index is 0.129. The van der Waals surface area contributed by atoms with E-state index >= 15 is 0 Å². The molecule has 0 amide bonds. The smallest absolute Gasteiger partial charge is 0.126 e. The van der Waals surface area contributed by atoms with E-state index in [0.717, 1.165) is 29.0 Å². The van der Waals surface area contributed by atoms with Gasteiger partial charge in [-0.25, -0.2) is 4.98 Å². The Morgan fingerprint density at radius 2 is 1.95 bits per heavy atom. The van der Waals surface area contributed by atoms with Gasteiger partial charge in [0.25, 0.3) is 0 Å². The molecular weight excluding hydrogens is 274 g/mol. The Hall–Kier alpha value is -2.33. The van der Waals surface area contributed by atoms with Crippen molar-refractivity contribution < 1.29 is 4.74 Å². The Morgan fingerprint density at radius 3 is 2.68 bits per heavy atom. The molecule has 0 aliphatic carbocycles. The van der Waals surface area contributed by atoms with E-state index in [9.17, 15) is 0 Å². The van der Waals surface area contributed by atoms with Crippen molar-refractivity contribution in [1.82, 2.24) is 9.55 Å². The van der Waals surface area contributed by atoms with Crippen LogP contribution in [-0.4, -0.2) is 16.2 Å². The fraction of sp³-hybridized carbons (Fsp3) is 0.278. The van der Waals surface area contributed by atoms with Crippen LogP contribution in [0, 0.1) is 0 Å². The maximum Gasteiger partial charge on any atom is 0.126 e. The summed E-state index contributed by atoms with van der Waals surface area (Å²) in [5.74, 6) is 1.74. The van der Waals surface area contributed by atoms with Crippen LogP contribution in [0.25, 0.3) is 11.0 Å². The van der Waals surface area contributed by atoms with Gasteiger partial charge in [-0.1, -0.05) is 30.3 Å². The minimum Gasteiger partial charge on any atom is -0.494 e. The average Bonchev–Trinajstić information content (AvgIpc) is 2.85. The number of nitrogens with two attached hydrogens (primary N) is 1. The zero-order valence-electron chi connectivity index (χ0n) is 13.0. The molecule has 0 fully saturated rings. The van der Waals surface area contributed by atoms with Crippen LogP contribution in [0.1, 0.15) is 24.4 Å². The molecule has 3 rings (SSSR count). The summed E-state index contributed by atoms with van der Waals surface area (Å²) >= 11 is 0. The summed E-state index contributed by atoms with van der Waals surface area (Å²) in [6.07, 6.45) is 0.774. The predicted octanol–water partition coefficient (Wildman–Crippen LogP) is 3.21. The first-order valence-electron chi connectivity index (χ1n) is 7.57. The zero-order chi connectivity index (χ0) is 15.5. The number of fused-ring (bicyclic) bond motifs is 1. The molecule has 2 aromatic carbocycles. The highest BCUT2D eigenvalue weighted by atomic mass is 16.5. The molecule has 0 radical (unpaired) electrons. The third-order valence-electron chi connectivity index (χ3n) is 3.83. The monoisotopic (exact) mass is 295 g/mol. The van der Waals surface area contributed by atoms with Crippen molar-refractivity contribution in [3.63, 3.8) is 0 Å². The number of nitrogens with zero attached hydrogens (tertiary/aromatic N) is 2. The van der Waals surface area contributed by atoms with Crippen LogP contribution in [-0.2, 0) is 13.5 Å². The number of hydrogen-bond acceptors (Lipinski definition) is 3. The lowest BCUT2D eigenvalue weighted by Crippen LogP contribution is -2.17. The van der Waals surface area contributed by atoms with Gasteiger partial charge in [-0.15, -0.1) is 0 Å². The van der Waals surface area contributed by atoms with E-state index in [1.165, 1.54) is 5.56 Å². The van der Waals surface area contributed by atoms with Crippen molar-refractivity contribution in [2.45, 2.75) is 19.4 Å². The third-order valence-corrected chi connectivity index (χ3v) is 3.83. The van der Waals surface area contributed by atoms with E-state index in [1.807, 2.05) is 50.4 Å². The van der Waals surface area contributed by atoms with Gasteiger partial charge in [-0.3, -0.25) is 0 Å². The van der Waals surface area contributed by atoms with Gasteiger partial charge in [0.05, 0.1) is 23.7 Å². The van der Waals surface area contributed by atoms with E-state index in [2.05, 4.69) is 16.7 Å². The fourth-order valence-electron chi connectivity index (χ4n) is 2.75. The maximum absolute atomic E-state index is 6.37. The number of ether oxygens (including phenoxy) is 1. The standard InChI is InChI=1S/C18H21N3O/c1-3-22-14-9-10-17-16(12-14)20-18(21(17)2)15(19)11-13-7-5-4-6-8-13/h4-10,12,15H,3,11,19H2,1-2H3. The highest BCUT2D eigenvalue weighted by molar-refractivity contribution is 5.77. The van der Waals surface area contributed by atoms with Crippen molar-refractivity contribution in [2.24, 2.45) is 12.8 Å². The van der Waals surface area contributed by atoms with Crippen molar-refractivity contribution in [1.29, 1.82) is 0 Å². The Balaban J connectivity index is 1.91. The number of hydrogen-bond donors (Lipinski definition) is 1. The molecule has 1 unspecified atom stereocenters. The van der Waals surface area contributed by atoms with Gasteiger partial charge < -0.3 is 15.0 Å². The first-order chi connectivity index (χ1) is 10.7. The van der Waals surface area contributed by atoms with Gasteiger partial charge in [0.1, 0.15) is 11.6 Å². The minimum atomic E-state index is -0.129. The zero-order valence-corrected chi connectivity index (χ0v) is 13.0. The van der Waals surface area contributed by atoms with Crippen LogP contribution in [0.5, 0.6) is 5.75 Å². The first kappa shape index (κ1) is 14.6. The lowest BCUT2D eigenvalue weighted by Gasteiger charge is -2.11. The summed E-state index contributed by atoms with van der Waals surface area (Å²) in [5, 5.41) is 0. The second-order valence-corrected chi connectivity index (χ2v) is 5.41. The summed E-state index contributed by atoms with van der Waals surface area (Å²) in [7, 11) is 2.01. The number of aromatic nitrogens is 2. The Kier molecular flexibility index (Phi) is 4.11. The Labute approximate surface area is 130 Å².